The number of rotatable bonds is 3. The van der Waals surface area contributed by atoms with E-state index in [1.807, 2.05) is 24.3 Å². The van der Waals surface area contributed by atoms with E-state index in [2.05, 4.69) is 37.2 Å². The maximum atomic E-state index is 12.1. The van der Waals surface area contributed by atoms with E-state index in [9.17, 15) is 4.79 Å². The number of hydrogen-bond acceptors (Lipinski definition) is 2. The van der Waals surface area contributed by atoms with Crippen LogP contribution in [-0.4, -0.2) is 13.0 Å². The van der Waals surface area contributed by atoms with Crippen LogP contribution < -0.4 is 10.1 Å². The standard InChI is InChI=1S/C14H11Br2NO2/c1-19-13-8-9(6-7-12(13)16)17-14(18)10-4-2-3-5-11(10)15/h2-8H,1H3,(H,17,18). The van der Waals surface area contributed by atoms with Crippen LogP contribution in [0.2, 0.25) is 0 Å². The second-order valence-electron chi connectivity index (χ2n) is 3.78. The highest BCUT2D eigenvalue weighted by molar-refractivity contribution is 9.10. The van der Waals surface area contributed by atoms with E-state index in [0.717, 1.165) is 8.95 Å². The first kappa shape index (κ1) is 14.1. The van der Waals surface area contributed by atoms with Gasteiger partial charge in [0, 0.05) is 16.2 Å². The van der Waals surface area contributed by atoms with Gasteiger partial charge in [0.2, 0.25) is 0 Å². The van der Waals surface area contributed by atoms with Crippen molar-refractivity contribution in [1.29, 1.82) is 0 Å². The Morgan fingerprint density at radius 3 is 2.53 bits per heavy atom. The molecule has 1 amide bonds. The highest BCUT2D eigenvalue weighted by Crippen LogP contribution is 2.28. The van der Waals surface area contributed by atoms with Gasteiger partial charge in [0.25, 0.3) is 5.91 Å². The van der Waals surface area contributed by atoms with Gasteiger partial charge in [-0.2, -0.15) is 0 Å². The fourth-order valence-corrected chi connectivity index (χ4v) is 2.45. The van der Waals surface area contributed by atoms with Crippen molar-refractivity contribution in [3.63, 3.8) is 0 Å². The summed E-state index contributed by atoms with van der Waals surface area (Å²) in [4.78, 5) is 12.1. The average Bonchev–Trinajstić information content (AvgIpc) is 2.41. The van der Waals surface area contributed by atoms with Gasteiger partial charge in [-0.1, -0.05) is 12.1 Å². The molecule has 0 atom stereocenters. The molecule has 0 saturated heterocycles. The third-order valence-electron chi connectivity index (χ3n) is 2.53. The number of amides is 1. The highest BCUT2D eigenvalue weighted by atomic mass is 79.9. The molecule has 0 aromatic heterocycles. The third-order valence-corrected chi connectivity index (χ3v) is 3.87. The van der Waals surface area contributed by atoms with Crippen molar-refractivity contribution in [3.8, 4) is 5.75 Å². The molecule has 0 aliphatic heterocycles. The summed E-state index contributed by atoms with van der Waals surface area (Å²) in [6, 6.07) is 12.7. The Balaban J connectivity index is 2.22. The normalized spacial score (nSPS) is 10.1. The summed E-state index contributed by atoms with van der Waals surface area (Å²) in [6.45, 7) is 0. The van der Waals surface area contributed by atoms with E-state index < -0.39 is 0 Å². The Bertz CT molecular complexity index is 614. The molecule has 2 rings (SSSR count). The van der Waals surface area contributed by atoms with Crippen LogP contribution in [-0.2, 0) is 0 Å². The number of carbonyl (C=O) groups is 1. The molecule has 0 heterocycles. The van der Waals surface area contributed by atoms with E-state index >= 15 is 0 Å². The number of nitrogens with one attached hydrogen (secondary N) is 1. The second-order valence-corrected chi connectivity index (χ2v) is 5.49. The predicted octanol–water partition coefficient (Wildman–Crippen LogP) is 4.47. The Labute approximate surface area is 128 Å². The number of hydrogen-bond donors (Lipinski definition) is 1. The van der Waals surface area contributed by atoms with Gasteiger partial charge in [-0.05, 0) is 56.1 Å². The minimum absolute atomic E-state index is 0.170. The molecule has 2 aromatic rings. The summed E-state index contributed by atoms with van der Waals surface area (Å²) < 4.78 is 6.79. The molecular weight excluding hydrogens is 374 g/mol. The van der Waals surface area contributed by atoms with E-state index in [1.165, 1.54) is 0 Å². The van der Waals surface area contributed by atoms with Crippen molar-refractivity contribution in [2.45, 2.75) is 0 Å². The van der Waals surface area contributed by atoms with Gasteiger partial charge < -0.3 is 10.1 Å². The van der Waals surface area contributed by atoms with Crippen molar-refractivity contribution in [1.82, 2.24) is 0 Å². The van der Waals surface area contributed by atoms with Gasteiger partial charge in [0.15, 0.2) is 0 Å². The summed E-state index contributed by atoms with van der Waals surface area (Å²) in [5.41, 5.74) is 1.27. The van der Waals surface area contributed by atoms with Crippen LogP contribution in [0, 0.1) is 0 Å². The van der Waals surface area contributed by atoms with Gasteiger partial charge >= 0.3 is 0 Å². The van der Waals surface area contributed by atoms with Crippen molar-refractivity contribution < 1.29 is 9.53 Å². The number of ether oxygens (including phenoxy) is 1. The predicted molar refractivity (Wildman–Crippen MR) is 82.8 cm³/mol. The molecule has 0 bridgehead atoms. The summed E-state index contributed by atoms with van der Waals surface area (Å²) in [7, 11) is 1.58. The first-order chi connectivity index (χ1) is 9.11. The highest BCUT2D eigenvalue weighted by Gasteiger charge is 2.10. The van der Waals surface area contributed by atoms with Crippen LogP contribution >= 0.6 is 31.9 Å². The zero-order valence-corrected chi connectivity index (χ0v) is 13.3. The molecule has 5 heteroatoms. The first-order valence-corrected chi connectivity index (χ1v) is 7.10. The fourth-order valence-electron chi connectivity index (χ4n) is 1.58. The number of benzene rings is 2. The first-order valence-electron chi connectivity index (χ1n) is 5.51. The molecule has 0 fully saturated rings. The minimum atomic E-state index is -0.170. The van der Waals surface area contributed by atoms with E-state index in [4.69, 9.17) is 4.74 Å². The van der Waals surface area contributed by atoms with Crippen molar-refractivity contribution in [3.05, 3.63) is 57.0 Å². The fraction of sp³-hybridized carbons (Fsp3) is 0.0714. The number of halogens is 2. The lowest BCUT2D eigenvalue weighted by atomic mass is 10.2. The van der Waals surface area contributed by atoms with Crippen molar-refractivity contribution >= 4 is 43.5 Å². The molecule has 0 unspecified atom stereocenters. The molecule has 0 saturated carbocycles. The van der Waals surface area contributed by atoms with Crippen LogP contribution in [0.1, 0.15) is 10.4 Å². The van der Waals surface area contributed by atoms with Gasteiger partial charge in [0.1, 0.15) is 5.75 Å². The number of carbonyl (C=O) groups excluding carboxylic acids is 1. The average molecular weight is 385 g/mol. The van der Waals surface area contributed by atoms with Gasteiger partial charge in [-0.25, -0.2) is 0 Å². The quantitative estimate of drug-likeness (QED) is 0.847. The molecule has 1 N–H and O–H groups in total. The van der Waals surface area contributed by atoms with Gasteiger partial charge in [-0.3, -0.25) is 4.79 Å². The molecule has 19 heavy (non-hydrogen) atoms. The molecule has 0 radical (unpaired) electrons. The van der Waals surface area contributed by atoms with E-state index in [1.54, 1.807) is 25.3 Å². The zero-order valence-electron chi connectivity index (χ0n) is 10.1. The monoisotopic (exact) mass is 383 g/mol. The van der Waals surface area contributed by atoms with Crippen LogP contribution in [0.5, 0.6) is 5.75 Å². The van der Waals surface area contributed by atoms with Crippen LogP contribution in [0.15, 0.2) is 51.4 Å². The number of anilines is 1. The molecule has 0 spiro atoms. The van der Waals surface area contributed by atoms with Crippen LogP contribution in [0.4, 0.5) is 5.69 Å². The Morgan fingerprint density at radius 1 is 1.11 bits per heavy atom. The Kier molecular flexibility index (Phi) is 4.61. The maximum absolute atomic E-state index is 12.1. The van der Waals surface area contributed by atoms with Crippen LogP contribution in [0.25, 0.3) is 0 Å². The zero-order chi connectivity index (χ0) is 13.8. The Morgan fingerprint density at radius 2 is 1.84 bits per heavy atom. The minimum Gasteiger partial charge on any atom is -0.495 e. The molecule has 98 valence electrons. The topological polar surface area (TPSA) is 38.3 Å². The maximum Gasteiger partial charge on any atom is 0.256 e. The molecule has 0 aliphatic carbocycles. The van der Waals surface area contributed by atoms with Crippen molar-refractivity contribution in [2.24, 2.45) is 0 Å². The van der Waals surface area contributed by atoms with E-state index in [0.29, 0.717) is 17.0 Å². The summed E-state index contributed by atoms with van der Waals surface area (Å²) in [5, 5.41) is 2.83. The van der Waals surface area contributed by atoms with Crippen molar-refractivity contribution in [2.75, 3.05) is 12.4 Å². The molecule has 2 aromatic carbocycles. The lowest BCUT2D eigenvalue weighted by Gasteiger charge is -2.09. The molecular formula is C14H11Br2NO2. The third kappa shape index (κ3) is 3.36. The van der Waals surface area contributed by atoms with E-state index in [-0.39, 0.29) is 5.91 Å². The van der Waals surface area contributed by atoms with Crippen LogP contribution in [0.3, 0.4) is 0 Å². The second kappa shape index (κ2) is 6.21. The molecule has 0 aliphatic rings. The Hall–Kier alpha value is -1.33. The van der Waals surface area contributed by atoms with Gasteiger partial charge in [0.05, 0.1) is 17.1 Å². The number of methoxy groups -OCH3 is 1. The van der Waals surface area contributed by atoms with Gasteiger partial charge in [-0.15, -0.1) is 0 Å². The largest absolute Gasteiger partial charge is 0.495 e. The summed E-state index contributed by atoms with van der Waals surface area (Å²) in [6.07, 6.45) is 0. The smallest absolute Gasteiger partial charge is 0.256 e. The lowest BCUT2D eigenvalue weighted by Crippen LogP contribution is -2.12. The SMILES string of the molecule is COc1cc(NC(=O)c2ccccc2Br)ccc1Br. The lowest BCUT2D eigenvalue weighted by molar-refractivity contribution is 0.102. The summed E-state index contributed by atoms with van der Waals surface area (Å²) >= 11 is 6.73. The summed E-state index contributed by atoms with van der Waals surface area (Å²) in [5.74, 6) is 0.502. The molecule has 3 nitrogen and oxygen atoms in total.